The molecular formula is C5H9O3S. The Morgan fingerprint density at radius 2 is 2.11 bits per heavy atom. The lowest BCUT2D eigenvalue weighted by atomic mass is 10.3. The molecule has 1 fully saturated rings. The summed E-state index contributed by atoms with van der Waals surface area (Å²) in [7, 11) is -2.65. The van der Waals surface area contributed by atoms with E-state index in [1.165, 1.54) is 5.92 Å². The van der Waals surface area contributed by atoms with Gasteiger partial charge in [-0.3, -0.25) is 4.18 Å². The first-order valence-electron chi connectivity index (χ1n) is 2.86. The van der Waals surface area contributed by atoms with E-state index in [-0.39, 0.29) is 6.10 Å². The smallest absolute Gasteiger partial charge is 0.257 e. The van der Waals surface area contributed by atoms with Crippen LogP contribution in [0.25, 0.3) is 0 Å². The van der Waals surface area contributed by atoms with Gasteiger partial charge in [-0.25, -0.2) is 8.42 Å². The first-order valence-corrected chi connectivity index (χ1v) is 3.95. The Labute approximate surface area is 56.2 Å². The molecule has 1 rings (SSSR count). The fourth-order valence-corrected chi connectivity index (χ4v) is 1.09. The average molecular weight is 149 g/mol. The van der Waals surface area contributed by atoms with E-state index in [0.29, 0.717) is 0 Å². The molecule has 0 aliphatic heterocycles. The molecule has 1 aliphatic carbocycles. The third-order valence-electron chi connectivity index (χ3n) is 1.36. The maximum atomic E-state index is 9.94. The van der Waals surface area contributed by atoms with Crippen LogP contribution in [0.2, 0.25) is 0 Å². The first-order chi connectivity index (χ1) is 4.20. The molecule has 53 valence electrons. The summed E-state index contributed by atoms with van der Waals surface area (Å²) in [5.74, 6) is 1.20. The summed E-state index contributed by atoms with van der Waals surface area (Å²) in [6.45, 7) is 1.76. The SMILES string of the molecule is CC(O[SH](=O)=O)[C]1CC1. The Morgan fingerprint density at radius 3 is 2.44 bits per heavy atom. The quantitative estimate of drug-likeness (QED) is 0.586. The molecule has 0 saturated heterocycles. The number of hydrogen-bond acceptors (Lipinski definition) is 3. The van der Waals surface area contributed by atoms with Crippen molar-refractivity contribution >= 4 is 11.0 Å². The lowest BCUT2D eigenvalue weighted by Gasteiger charge is -2.02. The van der Waals surface area contributed by atoms with Crippen LogP contribution in [0, 0.1) is 5.92 Å². The van der Waals surface area contributed by atoms with Gasteiger partial charge in [-0.05, 0) is 19.8 Å². The van der Waals surface area contributed by atoms with Gasteiger partial charge in [0.05, 0.1) is 6.10 Å². The fraction of sp³-hybridized carbons (Fsp3) is 0.800. The van der Waals surface area contributed by atoms with Gasteiger partial charge in [-0.15, -0.1) is 0 Å². The predicted molar refractivity (Wildman–Crippen MR) is 33.3 cm³/mol. The van der Waals surface area contributed by atoms with Gasteiger partial charge in [0.25, 0.3) is 11.0 Å². The van der Waals surface area contributed by atoms with E-state index in [4.69, 9.17) is 0 Å². The predicted octanol–water partition coefficient (Wildman–Crippen LogP) is 0.286. The summed E-state index contributed by atoms with van der Waals surface area (Å²) in [6, 6.07) is 0. The van der Waals surface area contributed by atoms with E-state index < -0.39 is 11.0 Å². The molecule has 1 aliphatic rings. The number of hydrogen-bond donors (Lipinski definition) is 1. The van der Waals surface area contributed by atoms with Crippen LogP contribution in [0.1, 0.15) is 19.8 Å². The lowest BCUT2D eigenvalue weighted by molar-refractivity contribution is 0.266. The summed E-state index contributed by atoms with van der Waals surface area (Å²) < 4.78 is 24.4. The molecule has 9 heavy (non-hydrogen) atoms. The van der Waals surface area contributed by atoms with Crippen molar-refractivity contribution in [2.24, 2.45) is 0 Å². The van der Waals surface area contributed by atoms with Gasteiger partial charge in [0.1, 0.15) is 0 Å². The van der Waals surface area contributed by atoms with Gasteiger partial charge >= 0.3 is 0 Å². The minimum absolute atomic E-state index is 0.175. The Hall–Kier alpha value is -0.0900. The molecule has 1 atom stereocenters. The maximum absolute atomic E-state index is 9.94. The van der Waals surface area contributed by atoms with Crippen molar-refractivity contribution in [2.75, 3.05) is 0 Å². The highest BCUT2D eigenvalue weighted by Gasteiger charge is 2.29. The van der Waals surface area contributed by atoms with Crippen LogP contribution in [0.5, 0.6) is 0 Å². The summed E-state index contributed by atoms with van der Waals surface area (Å²) in [5, 5.41) is 0. The monoisotopic (exact) mass is 149 g/mol. The average Bonchev–Trinajstić information content (AvgIpc) is 2.40. The molecule has 4 heteroatoms. The zero-order chi connectivity index (χ0) is 6.85. The second-order valence-electron chi connectivity index (χ2n) is 2.13. The van der Waals surface area contributed by atoms with Crippen molar-refractivity contribution in [3.8, 4) is 0 Å². The molecule has 0 heterocycles. The van der Waals surface area contributed by atoms with Crippen molar-refractivity contribution < 1.29 is 12.6 Å². The molecule has 0 aromatic rings. The maximum Gasteiger partial charge on any atom is 0.257 e. The highest BCUT2D eigenvalue weighted by Crippen LogP contribution is 2.36. The molecule has 0 spiro atoms. The van der Waals surface area contributed by atoms with E-state index >= 15 is 0 Å². The third kappa shape index (κ3) is 2.32. The minimum Gasteiger partial charge on any atom is -0.269 e. The molecule has 0 aromatic heterocycles. The van der Waals surface area contributed by atoms with Crippen molar-refractivity contribution in [1.29, 1.82) is 0 Å². The zero-order valence-corrected chi connectivity index (χ0v) is 6.06. The van der Waals surface area contributed by atoms with Crippen molar-refractivity contribution in [3.63, 3.8) is 0 Å². The molecule has 0 amide bonds. The third-order valence-corrected chi connectivity index (χ3v) is 1.85. The molecule has 3 nitrogen and oxygen atoms in total. The summed E-state index contributed by atoms with van der Waals surface area (Å²) in [6.07, 6.45) is 1.89. The zero-order valence-electron chi connectivity index (χ0n) is 5.16. The molecule has 0 bridgehead atoms. The highest BCUT2D eigenvalue weighted by molar-refractivity contribution is 7.67. The van der Waals surface area contributed by atoms with Crippen LogP contribution in [0.3, 0.4) is 0 Å². The second kappa shape index (κ2) is 2.66. The molecule has 1 unspecified atom stereocenters. The van der Waals surface area contributed by atoms with Gasteiger partial charge in [0.15, 0.2) is 0 Å². The van der Waals surface area contributed by atoms with E-state index in [0.717, 1.165) is 12.8 Å². The minimum atomic E-state index is -2.65. The second-order valence-corrected chi connectivity index (χ2v) is 2.79. The summed E-state index contributed by atoms with van der Waals surface area (Å²) in [4.78, 5) is 0. The van der Waals surface area contributed by atoms with Crippen LogP contribution in [-0.4, -0.2) is 14.5 Å². The molecule has 1 saturated carbocycles. The van der Waals surface area contributed by atoms with Crippen LogP contribution >= 0.6 is 0 Å². The van der Waals surface area contributed by atoms with Crippen molar-refractivity contribution in [3.05, 3.63) is 5.92 Å². The van der Waals surface area contributed by atoms with Crippen molar-refractivity contribution in [2.45, 2.75) is 25.9 Å². The van der Waals surface area contributed by atoms with Gasteiger partial charge in [0.2, 0.25) is 0 Å². The molecule has 0 N–H and O–H groups in total. The standard InChI is InChI=1S/C5H9O3S/c1-4(5-2-3-5)8-9(6)7/h4,9H,2-3H2,1H3. The Bertz CT molecular complexity index is 152. The van der Waals surface area contributed by atoms with E-state index in [1.54, 1.807) is 6.92 Å². The van der Waals surface area contributed by atoms with Crippen LogP contribution in [-0.2, 0) is 15.2 Å². The van der Waals surface area contributed by atoms with E-state index in [9.17, 15) is 8.42 Å². The van der Waals surface area contributed by atoms with Crippen molar-refractivity contribution in [1.82, 2.24) is 0 Å². The number of thiol groups is 1. The van der Waals surface area contributed by atoms with Crippen LogP contribution in [0.4, 0.5) is 0 Å². The van der Waals surface area contributed by atoms with E-state index in [1.807, 2.05) is 0 Å². The van der Waals surface area contributed by atoms with Crippen LogP contribution in [0.15, 0.2) is 0 Å². The van der Waals surface area contributed by atoms with Gasteiger partial charge < -0.3 is 0 Å². The Kier molecular flexibility index (Phi) is 2.08. The fourth-order valence-electron chi connectivity index (χ4n) is 0.682. The van der Waals surface area contributed by atoms with Crippen LogP contribution < -0.4 is 0 Å². The Morgan fingerprint density at radius 1 is 1.56 bits per heavy atom. The Balaban J connectivity index is 2.25. The number of rotatable bonds is 3. The summed E-state index contributed by atoms with van der Waals surface area (Å²) >= 11 is 0. The van der Waals surface area contributed by atoms with Gasteiger partial charge in [-0.1, -0.05) is 0 Å². The highest BCUT2D eigenvalue weighted by atomic mass is 32.2. The molecular weight excluding hydrogens is 140 g/mol. The largest absolute Gasteiger partial charge is 0.269 e. The molecule has 0 aromatic carbocycles. The van der Waals surface area contributed by atoms with Gasteiger partial charge in [-0.2, -0.15) is 0 Å². The topological polar surface area (TPSA) is 43.4 Å². The lowest BCUT2D eigenvalue weighted by Crippen LogP contribution is -2.07. The van der Waals surface area contributed by atoms with E-state index in [2.05, 4.69) is 4.18 Å². The first kappa shape index (κ1) is 7.02. The normalized spacial score (nSPS) is 22.4. The summed E-state index contributed by atoms with van der Waals surface area (Å²) in [5.41, 5.74) is 0. The molecule has 1 radical (unpaired) electrons. The van der Waals surface area contributed by atoms with Gasteiger partial charge in [0, 0.05) is 5.92 Å².